The third-order valence-corrected chi connectivity index (χ3v) is 3.86. The fourth-order valence-electron chi connectivity index (χ4n) is 2.71. The molecule has 5 heteroatoms. The lowest BCUT2D eigenvalue weighted by atomic mass is 9.98. The largest absolute Gasteiger partial charge is 0.384 e. The number of allylic oxidation sites excluding steroid dienone is 2. The number of rotatable bonds is 1. The van der Waals surface area contributed by atoms with E-state index in [9.17, 15) is 0 Å². The highest BCUT2D eigenvalue weighted by Crippen LogP contribution is 2.32. The van der Waals surface area contributed by atoms with Crippen LogP contribution in [-0.4, -0.2) is 11.2 Å². The molecule has 2 heterocycles. The molecule has 0 amide bonds. The number of hydrogen-bond acceptors (Lipinski definition) is 5. The van der Waals surface area contributed by atoms with Crippen molar-refractivity contribution in [2.45, 2.75) is 5.66 Å². The summed E-state index contributed by atoms with van der Waals surface area (Å²) in [5.41, 5.74) is 15.6. The zero-order chi connectivity index (χ0) is 14.4. The molecule has 2 aliphatic rings. The summed E-state index contributed by atoms with van der Waals surface area (Å²) >= 11 is 0. The zero-order valence-corrected chi connectivity index (χ0v) is 11.3. The van der Waals surface area contributed by atoms with Gasteiger partial charge in [0, 0.05) is 5.56 Å². The molecule has 2 aromatic rings. The normalized spacial score (nSPS) is 23.6. The average Bonchev–Trinajstić information content (AvgIpc) is 2.85. The summed E-state index contributed by atoms with van der Waals surface area (Å²) in [5.74, 6) is 1.29. The van der Waals surface area contributed by atoms with Gasteiger partial charge in [-0.15, -0.1) is 0 Å². The van der Waals surface area contributed by atoms with Gasteiger partial charge in [0.2, 0.25) is 0 Å². The molecule has 4 rings (SSSR count). The number of nitrogens with two attached hydrogens (primary N) is 2. The first-order chi connectivity index (χ1) is 10.2. The Bertz CT molecular complexity index is 820. The third kappa shape index (κ3) is 1.71. The van der Waals surface area contributed by atoms with Crippen molar-refractivity contribution in [3.63, 3.8) is 0 Å². The van der Waals surface area contributed by atoms with Crippen molar-refractivity contribution in [3.8, 4) is 0 Å². The highest BCUT2D eigenvalue weighted by Gasteiger charge is 2.40. The van der Waals surface area contributed by atoms with E-state index in [1.165, 1.54) is 5.39 Å². The van der Waals surface area contributed by atoms with E-state index in [1.54, 1.807) is 17.3 Å². The fraction of sp³-hybridized carbons (Fsp3) is 0.0625. The Kier molecular flexibility index (Phi) is 2.34. The van der Waals surface area contributed by atoms with Gasteiger partial charge in [-0.25, -0.2) is 10.0 Å². The van der Waals surface area contributed by atoms with Gasteiger partial charge in [-0.3, -0.25) is 11.2 Å². The van der Waals surface area contributed by atoms with E-state index >= 15 is 0 Å². The van der Waals surface area contributed by atoms with Crippen LogP contribution in [0, 0.1) is 0 Å². The van der Waals surface area contributed by atoms with Crippen molar-refractivity contribution >= 4 is 17.0 Å². The molecule has 104 valence electrons. The van der Waals surface area contributed by atoms with Crippen LogP contribution in [0.15, 0.2) is 71.3 Å². The van der Waals surface area contributed by atoms with Crippen molar-refractivity contribution < 1.29 is 0 Å². The van der Waals surface area contributed by atoms with Crippen LogP contribution in [0.5, 0.6) is 0 Å². The van der Waals surface area contributed by atoms with Crippen molar-refractivity contribution in [3.05, 3.63) is 71.8 Å². The van der Waals surface area contributed by atoms with Gasteiger partial charge in [0.1, 0.15) is 11.6 Å². The van der Waals surface area contributed by atoms with E-state index in [0.29, 0.717) is 5.82 Å². The number of nitrogens with zero attached hydrogens (tertiary/aromatic N) is 2. The first kappa shape index (κ1) is 12.0. The van der Waals surface area contributed by atoms with Crippen LogP contribution in [0.4, 0.5) is 0 Å². The Hall–Kier alpha value is -2.79. The molecule has 0 aromatic heterocycles. The summed E-state index contributed by atoms with van der Waals surface area (Å²) < 4.78 is 0. The minimum Gasteiger partial charge on any atom is -0.384 e. The second-order valence-electron chi connectivity index (χ2n) is 5.24. The summed E-state index contributed by atoms with van der Waals surface area (Å²) in [6, 6.07) is 14.4. The van der Waals surface area contributed by atoms with E-state index in [-0.39, 0.29) is 0 Å². The molecule has 5 N–H and O–H groups in total. The number of hydrogen-bond donors (Lipinski definition) is 3. The molecule has 0 aliphatic carbocycles. The van der Waals surface area contributed by atoms with Crippen LogP contribution in [0.1, 0.15) is 5.56 Å². The van der Waals surface area contributed by atoms with Gasteiger partial charge in [-0.05, 0) is 29.0 Å². The van der Waals surface area contributed by atoms with E-state index in [4.69, 9.17) is 11.5 Å². The minimum absolute atomic E-state index is 0.542. The number of fused-ring (bicyclic) bond motifs is 2. The number of hydrazine groups is 1. The van der Waals surface area contributed by atoms with E-state index in [1.807, 2.05) is 24.3 Å². The smallest absolute Gasteiger partial charge is 0.172 e. The summed E-state index contributed by atoms with van der Waals surface area (Å²) in [6.07, 6.45) is 5.36. The maximum atomic E-state index is 6.58. The van der Waals surface area contributed by atoms with Crippen LogP contribution in [-0.2, 0) is 5.66 Å². The maximum Gasteiger partial charge on any atom is 0.172 e. The highest BCUT2D eigenvalue weighted by atomic mass is 15.6. The minimum atomic E-state index is -0.852. The monoisotopic (exact) mass is 277 g/mol. The van der Waals surface area contributed by atoms with Crippen LogP contribution >= 0.6 is 0 Å². The molecule has 2 aromatic carbocycles. The highest BCUT2D eigenvalue weighted by molar-refractivity contribution is 5.85. The van der Waals surface area contributed by atoms with Crippen LogP contribution in [0.3, 0.4) is 0 Å². The summed E-state index contributed by atoms with van der Waals surface area (Å²) in [4.78, 5) is 4.38. The molecule has 0 fully saturated rings. The third-order valence-electron chi connectivity index (χ3n) is 3.86. The van der Waals surface area contributed by atoms with Gasteiger partial charge in [0.25, 0.3) is 0 Å². The summed E-state index contributed by atoms with van der Waals surface area (Å²) in [6.45, 7) is 0. The van der Waals surface area contributed by atoms with Gasteiger partial charge in [0.05, 0.1) is 6.21 Å². The molecule has 0 radical (unpaired) electrons. The lowest BCUT2D eigenvalue weighted by molar-refractivity contribution is 0.164. The molecule has 1 unspecified atom stereocenters. The Morgan fingerprint density at radius 3 is 2.71 bits per heavy atom. The summed E-state index contributed by atoms with van der Waals surface area (Å²) in [5, 5.41) is 4.11. The van der Waals surface area contributed by atoms with Crippen LogP contribution in [0.25, 0.3) is 10.8 Å². The predicted molar refractivity (Wildman–Crippen MR) is 83.6 cm³/mol. The molecule has 0 saturated carbocycles. The summed E-state index contributed by atoms with van der Waals surface area (Å²) in [7, 11) is 0. The standard InChI is InChI=1S/C16H15N5/c17-14-7-8-15-19-10-16(18,21(15)20-14)13-6-5-11-3-1-2-4-12(11)9-13/h1-10,20H,17-18H2. The van der Waals surface area contributed by atoms with Gasteiger partial charge in [-0.1, -0.05) is 36.4 Å². The van der Waals surface area contributed by atoms with Crippen molar-refractivity contribution in [2.75, 3.05) is 0 Å². The van der Waals surface area contributed by atoms with Gasteiger partial charge in [0.15, 0.2) is 5.66 Å². The van der Waals surface area contributed by atoms with Crippen LogP contribution in [0.2, 0.25) is 0 Å². The molecule has 0 saturated heterocycles. The Morgan fingerprint density at radius 2 is 1.86 bits per heavy atom. The molecular formula is C16H15N5. The zero-order valence-electron chi connectivity index (χ0n) is 11.3. The SMILES string of the molecule is NC1=CC=C2N=CC(N)(c3ccc4ccccc4c3)N2N1. The Balaban J connectivity index is 1.83. The van der Waals surface area contributed by atoms with Gasteiger partial charge < -0.3 is 5.73 Å². The molecule has 2 aliphatic heterocycles. The predicted octanol–water partition coefficient (Wildman–Crippen LogP) is 1.50. The first-order valence-corrected chi connectivity index (χ1v) is 6.74. The average molecular weight is 277 g/mol. The number of benzene rings is 2. The molecule has 5 nitrogen and oxygen atoms in total. The lowest BCUT2D eigenvalue weighted by Gasteiger charge is -2.37. The van der Waals surface area contributed by atoms with E-state index in [2.05, 4.69) is 34.7 Å². The quantitative estimate of drug-likeness (QED) is 0.738. The maximum absolute atomic E-state index is 6.58. The Morgan fingerprint density at radius 1 is 1.05 bits per heavy atom. The topological polar surface area (TPSA) is 79.7 Å². The molecule has 1 atom stereocenters. The molecule has 21 heavy (non-hydrogen) atoms. The van der Waals surface area contributed by atoms with Gasteiger partial charge in [-0.2, -0.15) is 0 Å². The first-order valence-electron chi connectivity index (χ1n) is 6.74. The fourth-order valence-corrected chi connectivity index (χ4v) is 2.71. The van der Waals surface area contributed by atoms with E-state index < -0.39 is 5.66 Å². The molecule has 0 bridgehead atoms. The lowest BCUT2D eigenvalue weighted by Crippen LogP contribution is -2.57. The van der Waals surface area contributed by atoms with E-state index in [0.717, 1.165) is 16.8 Å². The Labute approximate surface area is 122 Å². The second kappa shape index (κ2) is 4.10. The van der Waals surface area contributed by atoms with Crippen molar-refractivity contribution in [2.24, 2.45) is 16.5 Å². The number of aliphatic imine (C=N–C) groups is 1. The second-order valence-corrected chi connectivity index (χ2v) is 5.24. The van der Waals surface area contributed by atoms with Crippen LogP contribution < -0.4 is 16.9 Å². The molecule has 0 spiro atoms. The van der Waals surface area contributed by atoms with Gasteiger partial charge >= 0.3 is 0 Å². The molecular weight excluding hydrogens is 262 g/mol. The van der Waals surface area contributed by atoms with Crippen molar-refractivity contribution in [1.29, 1.82) is 0 Å². The number of nitrogens with one attached hydrogen (secondary N) is 1. The van der Waals surface area contributed by atoms with Crippen molar-refractivity contribution in [1.82, 2.24) is 10.4 Å².